The minimum Gasteiger partial charge on any atom is -0.284 e. The Morgan fingerprint density at radius 3 is 1.89 bits per heavy atom. The minimum atomic E-state index is -4.08. The van der Waals surface area contributed by atoms with Gasteiger partial charge in [0.2, 0.25) is 0 Å². The summed E-state index contributed by atoms with van der Waals surface area (Å²) in [6.07, 6.45) is 0. The van der Waals surface area contributed by atoms with Crippen molar-refractivity contribution in [3.63, 3.8) is 0 Å². The molecule has 0 aromatic heterocycles. The second-order valence-corrected chi connectivity index (χ2v) is 4.03. The maximum Gasteiger partial charge on any atom is 0.290 e. The lowest BCUT2D eigenvalue weighted by atomic mass is 10.4. The first-order chi connectivity index (χ1) is 3.81. The van der Waals surface area contributed by atoms with Crippen LogP contribution >= 0.6 is 0 Å². The van der Waals surface area contributed by atoms with E-state index in [2.05, 4.69) is 11.7 Å². The fraction of sp³-hybridized carbons (Fsp3) is 0.750. The van der Waals surface area contributed by atoms with Crippen molar-refractivity contribution in [3.8, 4) is 0 Å². The molecule has 0 aromatic rings. The van der Waals surface area contributed by atoms with Crippen LogP contribution in [-0.4, -0.2) is 24.6 Å². The molecular formula is C4H9NO3S. The van der Waals surface area contributed by atoms with Gasteiger partial charge in [-0.25, -0.2) is 0 Å². The van der Waals surface area contributed by atoms with Gasteiger partial charge in [-0.3, -0.25) is 9.55 Å². The molecule has 0 bridgehead atoms. The van der Waals surface area contributed by atoms with Crippen molar-refractivity contribution in [3.05, 3.63) is 0 Å². The third kappa shape index (κ3) is 1.76. The first-order valence-corrected chi connectivity index (χ1v) is 3.70. The normalized spacial score (nSPS) is 13.2. The molecule has 0 atom stereocenters. The molecule has 0 unspecified atom stereocenters. The van der Waals surface area contributed by atoms with E-state index in [-0.39, 0.29) is 0 Å². The van der Waals surface area contributed by atoms with E-state index in [1.54, 1.807) is 0 Å². The van der Waals surface area contributed by atoms with Gasteiger partial charge in [-0.15, -0.1) is 0 Å². The Hall–Kier alpha value is -0.420. The molecule has 0 radical (unpaired) electrons. The monoisotopic (exact) mass is 151 g/mol. The molecule has 0 aromatic carbocycles. The Kier molecular flexibility index (Phi) is 1.98. The van der Waals surface area contributed by atoms with E-state index >= 15 is 0 Å². The molecule has 0 amide bonds. The summed E-state index contributed by atoms with van der Waals surface area (Å²) in [6.45, 7) is 5.53. The van der Waals surface area contributed by atoms with E-state index in [9.17, 15) is 8.42 Å². The van der Waals surface area contributed by atoms with Gasteiger partial charge in [-0.05, 0) is 20.6 Å². The Labute approximate surface area is 54.4 Å². The maximum absolute atomic E-state index is 10.3. The molecule has 0 aliphatic rings. The highest BCUT2D eigenvalue weighted by molar-refractivity contribution is 7.87. The van der Waals surface area contributed by atoms with Gasteiger partial charge in [0.25, 0.3) is 10.1 Å². The Balaban J connectivity index is 4.77. The number of hydrogen-bond donors (Lipinski definition) is 1. The van der Waals surface area contributed by atoms with E-state index in [0.29, 0.717) is 0 Å². The second kappa shape index (κ2) is 2.07. The van der Waals surface area contributed by atoms with E-state index in [1.165, 1.54) is 13.8 Å². The largest absolute Gasteiger partial charge is 0.290 e. The number of nitrogens with zero attached hydrogens (tertiary/aromatic N) is 1. The lowest BCUT2D eigenvalue weighted by Gasteiger charge is -2.13. The van der Waals surface area contributed by atoms with Crippen molar-refractivity contribution in [2.24, 2.45) is 4.99 Å². The SMILES string of the molecule is C=NC(C)(C)S(=O)(=O)O. The average molecular weight is 151 g/mol. The van der Waals surface area contributed by atoms with Crippen molar-refractivity contribution in [2.75, 3.05) is 0 Å². The van der Waals surface area contributed by atoms with E-state index in [1.807, 2.05) is 0 Å². The fourth-order valence-corrected chi connectivity index (χ4v) is 0.245. The fourth-order valence-electron chi connectivity index (χ4n) is 0.0816. The number of hydrogen-bond acceptors (Lipinski definition) is 3. The van der Waals surface area contributed by atoms with Crippen molar-refractivity contribution in [1.29, 1.82) is 0 Å². The van der Waals surface area contributed by atoms with Crippen LogP contribution in [0.5, 0.6) is 0 Å². The number of rotatable bonds is 2. The average Bonchev–Trinajstić information content (AvgIpc) is 1.64. The van der Waals surface area contributed by atoms with Gasteiger partial charge in [-0.2, -0.15) is 8.42 Å². The lowest BCUT2D eigenvalue weighted by Crippen LogP contribution is -2.28. The van der Waals surface area contributed by atoms with Gasteiger partial charge in [0, 0.05) is 0 Å². The molecule has 4 nitrogen and oxygen atoms in total. The highest BCUT2D eigenvalue weighted by atomic mass is 32.2. The van der Waals surface area contributed by atoms with Crippen molar-refractivity contribution in [1.82, 2.24) is 0 Å². The van der Waals surface area contributed by atoms with Gasteiger partial charge in [-0.1, -0.05) is 0 Å². The van der Waals surface area contributed by atoms with Crippen LogP contribution in [0.3, 0.4) is 0 Å². The highest BCUT2D eigenvalue weighted by Crippen LogP contribution is 2.14. The highest BCUT2D eigenvalue weighted by Gasteiger charge is 2.30. The molecular weight excluding hydrogens is 142 g/mol. The van der Waals surface area contributed by atoms with Crippen LogP contribution in [0.4, 0.5) is 0 Å². The van der Waals surface area contributed by atoms with Crippen molar-refractivity contribution >= 4 is 16.8 Å². The van der Waals surface area contributed by atoms with Gasteiger partial charge in [0.1, 0.15) is 0 Å². The first kappa shape index (κ1) is 8.58. The van der Waals surface area contributed by atoms with Crippen LogP contribution in [0.15, 0.2) is 4.99 Å². The zero-order chi connectivity index (χ0) is 7.71. The molecule has 0 saturated carbocycles. The van der Waals surface area contributed by atoms with Crippen LogP contribution < -0.4 is 0 Å². The first-order valence-electron chi connectivity index (χ1n) is 2.26. The van der Waals surface area contributed by atoms with Crippen molar-refractivity contribution < 1.29 is 13.0 Å². The predicted octanol–water partition coefficient (Wildman–Crippen LogP) is 0.311. The lowest BCUT2D eigenvalue weighted by molar-refractivity contribution is 0.446. The standard InChI is InChI=1S/C4H9NO3S/c1-4(2,5-3)9(6,7)8/h3H2,1-2H3,(H,6,7,8). The molecule has 0 fully saturated rings. The summed E-state index contributed by atoms with van der Waals surface area (Å²) in [5.41, 5.74) is 0. The molecule has 0 aliphatic heterocycles. The molecule has 5 heteroatoms. The van der Waals surface area contributed by atoms with Gasteiger partial charge in [0.05, 0.1) is 0 Å². The Morgan fingerprint density at radius 2 is 1.89 bits per heavy atom. The van der Waals surface area contributed by atoms with Crippen LogP contribution in [0.1, 0.15) is 13.8 Å². The van der Waals surface area contributed by atoms with Gasteiger partial charge >= 0.3 is 0 Å². The zero-order valence-corrected chi connectivity index (χ0v) is 6.14. The summed E-state index contributed by atoms with van der Waals surface area (Å²) in [5.74, 6) is 0. The Bertz CT molecular complexity index is 204. The zero-order valence-electron chi connectivity index (χ0n) is 5.33. The maximum atomic E-state index is 10.3. The molecule has 0 spiro atoms. The topological polar surface area (TPSA) is 66.7 Å². The molecule has 1 N–H and O–H groups in total. The predicted molar refractivity (Wildman–Crippen MR) is 35.2 cm³/mol. The third-order valence-corrected chi connectivity index (χ3v) is 2.40. The molecule has 0 saturated heterocycles. The molecule has 9 heavy (non-hydrogen) atoms. The van der Waals surface area contributed by atoms with Crippen LogP contribution in [0, 0.1) is 0 Å². The van der Waals surface area contributed by atoms with Crippen LogP contribution in [0.25, 0.3) is 0 Å². The smallest absolute Gasteiger partial charge is 0.284 e. The summed E-state index contributed by atoms with van der Waals surface area (Å²) >= 11 is 0. The quantitative estimate of drug-likeness (QED) is 0.456. The van der Waals surface area contributed by atoms with E-state index in [0.717, 1.165) is 0 Å². The third-order valence-electron chi connectivity index (χ3n) is 1.01. The number of aliphatic imine (C=N–C) groups is 1. The molecule has 0 aliphatic carbocycles. The van der Waals surface area contributed by atoms with Gasteiger partial charge < -0.3 is 0 Å². The molecule has 0 rings (SSSR count). The second-order valence-electron chi connectivity index (χ2n) is 2.08. The van der Waals surface area contributed by atoms with E-state index in [4.69, 9.17) is 4.55 Å². The molecule has 0 heterocycles. The van der Waals surface area contributed by atoms with Crippen LogP contribution in [0.2, 0.25) is 0 Å². The van der Waals surface area contributed by atoms with Crippen molar-refractivity contribution in [2.45, 2.75) is 18.7 Å². The Morgan fingerprint density at radius 1 is 1.56 bits per heavy atom. The summed E-state index contributed by atoms with van der Waals surface area (Å²) in [4.78, 5) is 1.72. The summed E-state index contributed by atoms with van der Waals surface area (Å²) in [6, 6.07) is 0. The summed E-state index contributed by atoms with van der Waals surface area (Å²) in [5, 5.41) is 0. The van der Waals surface area contributed by atoms with Gasteiger partial charge in [0.15, 0.2) is 4.87 Å². The summed E-state index contributed by atoms with van der Waals surface area (Å²) in [7, 11) is -4.08. The summed E-state index contributed by atoms with van der Waals surface area (Å²) < 4.78 is 29.0. The van der Waals surface area contributed by atoms with E-state index < -0.39 is 15.0 Å². The molecule has 54 valence electrons. The minimum absolute atomic E-state index is 1.26. The van der Waals surface area contributed by atoms with Crippen LogP contribution in [-0.2, 0) is 10.1 Å².